The number of carboxylic acids is 1. The molecule has 2 aliphatic heterocycles. The molecule has 131 heavy (non-hydrogen) atoms. The average Bonchev–Trinajstić information content (AvgIpc) is 1.62. The molecule has 1 unspecified atom stereocenters. The third kappa shape index (κ3) is 29.5. The Morgan fingerprint density at radius 2 is 1.11 bits per heavy atom. The lowest BCUT2D eigenvalue weighted by molar-refractivity contribution is -0.152. The monoisotopic (exact) mass is 1840 g/mol. The van der Waals surface area contributed by atoms with Crippen molar-refractivity contribution in [2.24, 2.45) is 23.1 Å². The van der Waals surface area contributed by atoms with Gasteiger partial charge in [-0.15, -0.1) is 11.8 Å². The zero-order valence-electron chi connectivity index (χ0n) is 73.6. The number of para-hydroxylation sites is 1. The molecule has 8 rings (SSSR count). The lowest BCUT2D eigenvalue weighted by atomic mass is 9.98. The van der Waals surface area contributed by atoms with Gasteiger partial charge in [0, 0.05) is 102 Å². The Morgan fingerprint density at radius 3 is 1.70 bits per heavy atom. The first-order valence-corrected chi connectivity index (χ1v) is 43.8. The number of rotatable bonds is 48. The molecular weight excluding hydrogens is 1730 g/mol. The number of phenolic OH excluding ortho intramolecular Hbond substituents is 1. The van der Waals surface area contributed by atoms with E-state index in [2.05, 4.69) is 52.8 Å². The topological polar surface area (TPSA) is 572 Å². The van der Waals surface area contributed by atoms with Crippen molar-refractivity contribution in [2.75, 3.05) is 72.4 Å². The minimum absolute atomic E-state index is 0.0892. The van der Waals surface area contributed by atoms with Crippen molar-refractivity contribution in [3.8, 4) is 5.75 Å². The number of nitrogens with zero attached hydrogens (tertiary/aromatic N) is 5. The molecule has 2 fully saturated rings. The normalized spacial score (nSPS) is 16.7. The fourth-order valence-electron chi connectivity index (χ4n) is 15.4. The summed E-state index contributed by atoms with van der Waals surface area (Å²) in [5.74, 6) is -23.7. The lowest BCUT2D eigenvalue weighted by Crippen LogP contribution is -2.61. The van der Waals surface area contributed by atoms with Gasteiger partial charge in [-0.25, -0.2) is 13.2 Å². The average molecular weight is 1850 g/mol. The lowest BCUT2D eigenvalue weighted by Gasteiger charge is -2.38. The van der Waals surface area contributed by atoms with Crippen molar-refractivity contribution in [1.82, 2.24) is 77.3 Å². The van der Waals surface area contributed by atoms with E-state index in [4.69, 9.17) is 17.2 Å². The van der Waals surface area contributed by atoms with Gasteiger partial charge in [-0.1, -0.05) is 125 Å². The zero-order chi connectivity index (χ0) is 96.2. The van der Waals surface area contributed by atoms with Gasteiger partial charge in [0.15, 0.2) is 17.5 Å². The number of unbranched alkanes of at least 4 members (excludes halogenated alkanes) is 1. The molecule has 0 aliphatic carbocycles. The Labute approximate surface area is 757 Å². The number of aromatic hydroxyl groups is 1. The second-order valence-corrected chi connectivity index (χ2v) is 33.8. The standard InChI is InChI=1S/C89H115F3N18O20S/c1-8-9-24-68(88(129)110-45-56(113)38-70(110)84(125)101-63(40-75(117)118)81(122)105-77(48(2)3)89(130)107(6)69(35-49-18-12-10-13-19-49)83(124)102-65(39-72(94)114)86(127)109-30-29-55(112)44-109)106(5)87(128)71(36-50-20-14-11-15-21-50)108(7)85(126)64(34-52-31-58(90)76(92)59(91)32-52)99-74(116)47-131-46-67(78(119)98-43-73(95)115)104-82(123)66(41-93)103-80(121)62(33-51-25-27-54(111)28-26-51)100-79(120)61(96-4)37-53-42-97-60-23-17-16-22-57(53)60/h10-23,25-28,31-32,42,48,55-56,61-71,77,96-97,111-113H,8-9,24,29-30,33-41,43-47,93H2,1-7H3,(H2,94,114)(H2,95,115)(H,98,119)(H,99,116)(H,100,120)(H,101,125)(H,102,124)(H,103,121)(H,104,123)(H,105,122)(H,117,118)/t55-,56-,61+,62+,63+,64+,65+,66+,67+,68+,69?,70-,71+,77+/m1/s1. The molecule has 2 aliphatic rings. The van der Waals surface area contributed by atoms with Crippen LogP contribution in [0.15, 0.2) is 128 Å². The van der Waals surface area contributed by atoms with Crippen LogP contribution in [0.5, 0.6) is 5.75 Å². The molecule has 1 aromatic heterocycles. The van der Waals surface area contributed by atoms with Crippen molar-refractivity contribution < 1.29 is 110 Å². The van der Waals surface area contributed by atoms with Crippen LogP contribution in [0.2, 0.25) is 0 Å². The van der Waals surface area contributed by atoms with Gasteiger partial charge in [0.05, 0.1) is 43.4 Å². The van der Waals surface area contributed by atoms with E-state index in [1.807, 2.05) is 24.3 Å². The minimum Gasteiger partial charge on any atom is -0.508 e. The highest BCUT2D eigenvalue weighted by molar-refractivity contribution is 8.00. The largest absolute Gasteiger partial charge is 0.508 e. The van der Waals surface area contributed by atoms with Gasteiger partial charge in [-0.2, -0.15) is 0 Å². The Balaban J connectivity index is 0.998. The maximum Gasteiger partial charge on any atom is 0.305 e. The molecule has 20 N–H and O–H groups in total. The second-order valence-electron chi connectivity index (χ2n) is 32.8. The van der Waals surface area contributed by atoms with Crippen molar-refractivity contribution in [1.29, 1.82) is 0 Å². The summed E-state index contributed by atoms with van der Waals surface area (Å²) < 4.78 is 44.9. The summed E-state index contributed by atoms with van der Waals surface area (Å²) in [5.41, 5.74) is 19.6. The van der Waals surface area contributed by atoms with E-state index in [9.17, 15) is 87.1 Å². The third-order valence-electron chi connectivity index (χ3n) is 22.6. The molecule has 3 heterocycles. The van der Waals surface area contributed by atoms with Crippen LogP contribution in [-0.2, 0) is 109 Å². The number of amides is 15. The molecule has 6 aromatic rings. The highest BCUT2D eigenvalue weighted by Crippen LogP contribution is 2.28. The number of aliphatic carboxylic acids is 1. The van der Waals surface area contributed by atoms with E-state index in [1.165, 1.54) is 57.1 Å². The minimum atomic E-state index is -2.02. The number of fused-ring (bicyclic) bond motifs is 1. The first-order chi connectivity index (χ1) is 62.2. The number of aliphatic hydroxyl groups excluding tert-OH is 2. The Kier molecular flexibility index (Phi) is 38.7. The van der Waals surface area contributed by atoms with Gasteiger partial charge in [-0.05, 0) is 90.4 Å². The fourth-order valence-corrected chi connectivity index (χ4v) is 16.2. The van der Waals surface area contributed by atoms with E-state index in [-0.39, 0.29) is 69.3 Å². The van der Waals surface area contributed by atoms with Crippen LogP contribution < -0.4 is 65.1 Å². The number of nitrogens with one attached hydrogen (secondary N) is 10. The molecule has 2 saturated heterocycles. The number of likely N-dealkylation sites (tertiary alicyclic amines) is 2. The van der Waals surface area contributed by atoms with E-state index in [0.29, 0.717) is 47.0 Å². The molecule has 5 aromatic carbocycles. The number of hydrogen-bond acceptors (Lipinski definition) is 22. The highest BCUT2D eigenvalue weighted by atomic mass is 32.2. The highest BCUT2D eigenvalue weighted by Gasteiger charge is 2.47. The van der Waals surface area contributed by atoms with Crippen molar-refractivity contribution in [3.05, 3.63) is 173 Å². The number of H-pyrrole nitrogens is 1. The summed E-state index contributed by atoms with van der Waals surface area (Å²) in [6, 6.07) is 11.7. The maximum absolute atomic E-state index is 15.6. The molecule has 0 spiro atoms. The second kappa shape index (κ2) is 49.1. The van der Waals surface area contributed by atoms with E-state index < -0.39 is 259 Å². The SMILES string of the molecule is CCCC[C@@H](C(=O)N1C[C@H](O)C[C@@H]1C(=O)N[C@@H](CC(=O)O)C(=O)N[C@H](C(=O)N(C)C(Cc1ccccc1)C(=O)N[C@@H](CC(N)=O)C(=O)N1CC[C@@H](O)C1)C(C)C)N(C)C(=O)[C@H](Cc1ccccc1)N(C)C(=O)[C@H](Cc1cc(F)c(F)c(F)c1)NC(=O)CSC[C@H](NC(=O)[C@H](CN)NC(=O)[C@H](Cc1ccc(O)cc1)NC(=O)[C@H](Cc1c[nH]c2ccccc12)NC)C(=O)NCC(N)=O. The van der Waals surface area contributed by atoms with Crippen molar-refractivity contribution >= 4 is 117 Å². The van der Waals surface area contributed by atoms with E-state index >= 15 is 23.2 Å². The molecule has 15 amide bonds. The predicted molar refractivity (Wildman–Crippen MR) is 473 cm³/mol. The van der Waals surface area contributed by atoms with E-state index in [0.717, 1.165) is 43.1 Å². The summed E-state index contributed by atoms with van der Waals surface area (Å²) in [7, 11) is 5.16. The molecule has 0 radical (unpaired) electrons. The van der Waals surface area contributed by atoms with Crippen molar-refractivity contribution in [3.63, 3.8) is 0 Å². The number of benzene rings is 5. The number of likely N-dealkylation sites (N-methyl/N-ethyl adjacent to an activating group) is 4. The predicted octanol–water partition coefficient (Wildman–Crippen LogP) is -1.69. The fraction of sp³-hybridized carbons (Fsp3) is 0.461. The molecule has 0 saturated carbocycles. The van der Waals surface area contributed by atoms with Crippen LogP contribution in [0, 0.1) is 23.4 Å². The number of aromatic nitrogens is 1. The molecule has 14 atom stereocenters. The number of carbonyl (C=O) groups excluding carboxylic acids is 15. The van der Waals surface area contributed by atoms with Gasteiger partial charge in [0.2, 0.25) is 88.6 Å². The number of aliphatic hydroxyl groups is 2. The molecule has 708 valence electrons. The number of phenols is 1. The van der Waals surface area contributed by atoms with Gasteiger partial charge in [0.1, 0.15) is 72.2 Å². The number of primary amides is 2. The molecule has 42 heteroatoms. The number of aromatic amines is 1. The Bertz CT molecular complexity index is 5040. The number of carbonyl (C=O) groups is 16. The Hall–Kier alpha value is -13.1. The van der Waals surface area contributed by atoms with E-state index in [1.54, 1.807) is 80.8 Å². The van der Waals surface area contributed by atoms with Crippen LogP contribution in [0.4, 0.5) is 13.2 Å². The summed E-state index contributed by atoms with van der Waals surface area (Å²) >= 11 is 0.649. The number of thioether (sulfide) groups is 1. The zero-order valence-corrected chi connectivity index (χ0v) is 74.4. The summed E-state index contributed by atoms with van der Waals surface area (Å²) in [6.07, 6.45) is -3.48. The Morgan fingerprint density at radius 1 is 0.557 bits per heavy atom. The van der Waals surface area contributed by atoms with Crippen LogP contribution in [-0.4, -0.2) is 302 Å². The maximum atomic E-state index is 15.6. The quantitative estimate of drug-likeness (QED) is 0.0190. The first kappa shape index (κ1) is 103. The summed E-state index contributed by atoms with van der Waals surface area (Å²) in [6.45, 7) is 2.88. The number of hydrogen-bond donors (Lipinski definition) is 17. The van der Waals surface area contributed by atoms with Gasteiger partial charge in [0.25, 0.3) is 0 Å². The number of carboxylic acid groups (broad SMARTS) is 1. The smallest absolute Gasteiger partial charge is 0.305 e. The van der Waals surface area contributed by atoms with Crippen LogP contribution in [0.3, 0.4) is 0 Å². The number of halogens is 3. The first-order valence-electron chi connectivity index (χ1n) is 42.6. The van der Waals surface area contributed by atoms with Crippen molar-refractivity contribution in [2.45, 2.75) is 183 Å². The van der Waals surface area contributed by atoms with Gasteiger partial charge < -0.3 is 115 Å². The number of β-amino-alcohol motifs (C(OH)–C–C–N with tert-alkyl or cyclic N) is 2. The molecule has 0 bridgehead atoms. The molecule has 38 nitrogen and oxygen atoms in total. The van der Waals surface area contributed by atoms with Crippen LogP contribution in [0.25, 0.3) is 10.9 Å². The number of nitrogens with two attached hydrogens (primary N) is 3. The summed E-state index contributed by atoms with van der Waals surface area (Å²) in [5, 5.41) is 65.6. The third-order valence-corrected chi connectivity index (χ3v) is 23.7. The van der Waals surface area contributed by atoms with Crippen LogP contribution >= 0.6 is 11.8 Å². The van der Waals surface area contributed by atoms with Gasteiger partial charge >= 0.3 is 5.97 Å². The molecular formula is C89H115F3N18O20S. The summed E-state index contributed by atoms with van der Waals surface area (Å²) in [4.78, 5) is 235. The van der Waals surface area contributed by atoms with Crippen LogP contribution in [0.1, 0.15) is 93.5 Å². The van der Waals surface area contributed by atoms with Gasteiger partial charge in [-0.3, -0.25) is 76.7 Å².